The molecule has 0 spiro atoms. The fourth-order valence-corrected chi connectivity index (χ4v) is 3.36. The Bertz CT molecular complexity index is 1400. The summed E-state index contributed by atoms with van der Waals surface area (Å²) < 4.78 is 17.4. The first kappa shape index (κ1) is 48.1. The zero-order chi connectivity index (χ0) is 41.0. The molecule has 58 heavy (non-hydrogen) atoms. The van der Waals surface area contributed by atoms with Gasteiger partial charge in [-0.1, -0.05) is 18.2 Å². The SMILES string of the molecule is c1c[nH]cn1.c1cc[nH]c1.c1ccncc1.c1ccnnc1.c1ccoc1.c1ccoc1.c1ccsc1.c1cn[nH]c1.c1cncnc1.c1cnsc1.c1cocn1. The molecule has 11 heterocycles. The minimum absolute atomic E-state index is 1.38. The van der Waals surface area contributed by atoms with E-state index in [-0.39, 0.29) is 0 Å². The molecule has 298 valence electrons. The van der Waals surface area contributed by atoms with Gasteiger partial charge in [-0.05, 0) is 101 Å². The van der Waals surface area contributed by atoms with Gasteiger partial charge in [-0.2, -0.15) is 26.6 Å². The molecule has 0 aliphatic carbocycles. The molecule has 0 aromatic carbocycles. The van der Waals surface area contributed by atoms with Crippen LogP contribution in [0.2, 0.25) is 0 Å². The van der Waals surface area contributed by atoms with Gasteiger partial charge in [0.25, 0.3) is 0 Å². The Morgan fingerprint density at radius 2 is 1.03 bits per heavy atom. The van der Waals surface area contributed by atoms with Gasteiger partial charge in [-0.15, -0.1) is 0 Å². The molecular formula is C41H44N12O3S2. The fourth-order valence-electron chi connectivity index (χ4n) is 2.56. The smallest absolute Gasteiger partial charge is 0.180 e. The highest BCUT2D eigenvalue weighted by molar-refractivity contribution is 7.07. The lowest BCUT2D eigenvalue weighted by Crippen LogP contribution is -1.69. The van der Waals surface area contributed by atoms with Crippen LogP contribution in [-0.4, -0.2) is 59.7 Å². The molecule has 0 amide bonds. The second-order valence-corrected chi connectivity index (χ2v) is 10.5. The van der Waals surface area contributed by atoms with Gasteiger partial charge in [0.15, 0.2) is 6.39 Å². The van der Waals surface area contributed by atoms with Crippen LogP contribution in [0.5, 0.6) is 0 Å². The molecule has 11 aromatic heterocycles. The average Bonchev–Trinajstić information content (AvgIpc) is 4.20. The van der Waals surface area contributed by atoms with Gasteiger partial charge < -0.3 is 23.2 Å². The lowest BCUT2D eigenvalue weighted by molar-refractivity contribution is 0.558. The summed E-state index contributed by atoms with van der Waals surface area (Å²) >= 11 is 3.18. The van der Waals surface area contributed by atoms with Crippen molar-refractivity contribution in [2.24, 2.45) is 0 Å². The molecule has 0 saturated carbocycles. The second kappa shape index (κ2) is 45.3. The van der Waals surface area contributed by atoms with E-state index >= 15 is 0 Å². The van der Waals surface area contributed by atoms with E-state index in [1.165, 1.54) is 30.5 Å². The van der Waals surface area contributed by atoms with Crippen molar-refractivity contribution in [1.29, 1.82) is 0 Å². The number of oxazole rings is 1. The molecule has 0 saturated heterocycles. The normalized spacial score (nSPS) is 8.00. The van der Waals surface area contributed by atoms with E-state index in [2.05, 4.69) is 72.9 Å². The number of pyridine rings is 1. The standard InChI is InChI=1S/C5H5N.2C4H4N2.C4H5N.2C4H4O.C4H4S.2C3H4N2.C3H3NO.C3H3NS/c1-2-4-6-5-3-1;1-2-5-4-6-3-1;1-2-4-6-5-3-1;4*1-2-4-5-3-1;1-2-5-3-4-1;1-2-4-5-3-1;1-2-5-3-4-1;1-2-4-5-3-1/h1-5H;2*1-4H;1-5H;3*1-4H;2*1-3H,(H,4,5);2*1-3H. The first-order chi connectivity index (χ1) is 29.0. The van der Waals surface area contributed by atoms with Crippen molar-refractivity contribution < 1.29 is 13.3 Å². The van der Waals surface area contributed by atoms with Crippen molar-refractivity contribution in [2.45, 2.75) is 0 Å². The number of aromatic amines is 3. The number of imidazole rings is 1. The maximum absolute atomic E-state index is 4.58. The molecule has 0 aliphatic heterocycles. The lowest BCUT2D eigenvalue weighted by Gasteiger charge is -1.70. The maximum atomic E-state index is 4.58. The molecule has 0 fully saturated rings. The van der Waals surface area contributed by atoms with E-state index in [1.807, 2.05) is 120 Å². The third kappa shape index (κ3) is 42.5. The Kier molecular flexibility index (Phi) is 37.6. The maximum Gasteiger partial charge on any atom is 0.180 e. The number of aromatic nitrogens is 12. The molecule has 3 N–H and O–H groups in total. The molecule has 0 unspecified atom stereocenters. The number of hydrogen-bond acceptors (Lipinski definition) is 14. The van der Waals surface area contributed by atoms with Gasteiger partial charge in [0.1, 0.15) is 12.6 Å². The van der Waals surface area contributed by atoms with Crippen LogP contribution in [0.25, 0.3) is 0 Å². The van der Waals surface area contributed by atoms with Crippen molar-refractivity contribution in [3.63, 3.8) is 0 Å². The van der Waals surface area contributed by atoms with E-state index in [4.69, 9.17) is 0 Å². The third-order valence-corrected chi connectivity index (χ3v) is 5.96. The zero-order valence-electron chi connectivity index (χ0n) is 31.2. The van der Waals surface area contributed by atoms with Gasteiger partial charge in [-0.25, -0.2) is 24.3 Å². The van der Waals surface area contributed by atoms with Crippen LogP contribution in [-0.2, 0) is 0 Å². The number of rotatable bonds is 0. The van der Waals surface area contributed by atoms with Gasteiger partial charge in [0, 0.05) is 85.9 Å². The molecule has 0 aliphatic rings. The van der Waals surface area contributed by atoms with Crippen LogP contribution in [0, 0.1) is 0 Å². The zero-order valence-corrected chi connectivity index (χ0v) is 32.9. The van der Waals surface area contributed by atoms with Crippen molar-refractivity contribution >= 4 is 22.9 Å². The summed E-state index contributed by atoms with van der Waals surface area (Å²) in [4.78, 5) is 24.0. The summed E-state index contributed by atoms with van der Waals surface area (Å²) in [5, 5.41) is 19.3. The fraction of sp³-hybridized carbons (Fsp3) is 0. The molecule has 0 atom stereocenters. The predicted octanol–water partition coefficient (Wildman–Crippen LogP) is 9.99. The van der Waals surface area contributed by atoms with Crippen molar-refractivity contribution in [2.75, 3.05) is 0 Å². The van der Waals surface area contributed by atoms with Crippen molar-refractivity contribution in [1.82, 2.24) is 59.7 Å². The molecule has 0 bridgehead atoms. The van der Waals surface area contributed by atoms with E-state index in [0.29, 0.717) is 0 Å². The highest BCUT2D eigenvalue weighted by Gasteiger charge is 1.63. The second-order valence-electron chi connectivity index (χ2n) is 9.00. The number of nitrogens with one attached hydrogen (secondary N) is 3. The molecule has 15 nitrogen and oxygen atoms in total. The highest BCUT2D eigenvalue weighted by atomic mass is 32.1. The molecule has 17 heteroatoms. The summed E-state index contributed by atoms with van der Waals surface area (Å²) in [6.07, 6.45) is 36.7. The predicted molar refractivity (Wildman–Crippen MR) is 227 cm³/mol. The van der Waals surface area contributed by atoms with Crippen molar-refractivity contribution in [3.05, 3.63) is 250 Å². The van der Waals surface area contributed by atoms with Crippen LogP contribution in [0.3, 0.4) is 0 Å². The minimum Gasteiger partial charge on any atom is -0.473 e. The quantitative estimate of drug-likeness (QED) is 0.131. The lowest BCUT2D eigenvalue weighted by atomic mass is 10.5. The van der Waals surface area contributed by atoms with Gasteiger partial charge >= 0.3 is 0 Å². The first-order valence-electron chi connectivity index (χ1n) is 16.8. The summed E-state index contributed by atoms with van der Waals surface area (Å²) in [6.45, 7) is 0. The van der Waals surface area contributed by atoms with Crippen LogP contribution >= 0.6 is 22.9 Å². The van der Waals surface area contributed by atoms with E-state index in [1.54, 1.807) is 123 Å². The number of H-pyrrole nitrogens is 3. The van der Waals surface area contributed by atoms with E-state index < -0.39 is 0 Å². The Morgan fingerprint density at radius 3 is 1.21 bits per heavy atom. The molecular weight excluding hydrogens is 773 g/mol. The largest absolute Gasteiger partial charge is 0.473 e. The highest BCUT2D eigenvalue weighted by Crippen LogP contribution is 1.91. The van der Waals surface area contributed by atoms with E-state index in [9.17, 15) is 0 Å². The van der Waals surface area contributed by atoms with Crippen molar-refractivity contribution in [3.8, 4) is 0 Å². The number of nitrogens with zero attached hydrogens (tertiary/aromatic N) is 9. The monoisotopic (exact) mass is 816 g/mol. The van der Waals surface area contributed by atoms with Crippen LogP contribution < -0.4 is 0 Å². The Morgan fingerprint density at radius 1 is 0.379 bits per heavy atom. The number of furan rings is 2. The molecule has 11 aromatic rings. The third-order valence-electron chi connectivity index (χ3n) is 4.81. The molecule has 0 radical (unpaired) electrons. The summed E-state index contributed by atoms with van der Waals surface area (Å²) in [5.74, 6) is 0. The average molecular weight is 817 g/mol. The molecule has 11 rings (SSSR count). The first-order valence-corrected chi connectivity index (χ1v) is 18.6. The van der Waals surface area contributed by atoms with Crippen LogP contribution in [0.1, 0.15) is 0 Å². The minimum atomic E-state index is 1.38. The van der Waals surface area contributed by atoms with Gasteiger partial charge in [0.05, 0.1) is 37.6 Å². The number of thiophene rings is 1. The van der Waals surface area contributed by atoms with E-state index in [0.717, 1.165) is 0 Å². The van der Waals surface area contributed by atoms with Crippen LogP contribution in [0.15, 0.2) is 264 Å². The summed E-state index contributed by atoms with van der Waals surface area (Å²) in [6, 6.07) is 30.1. The van der Waals surface area contributed by atoms with Crippen LogP contribution in [0.4, 0.5) is 0 Å². The Labute approximate surface area is 344 Å². The Balaban J connectivity index is 0.000000319. The van der Waals surface area contributed by atoms with Gasteiger partial charge in [0.2, 0.25) is 0 Å². The summed E-state index contributed by atoms with van der Waals surface area (Å²) in [5.41, 5.74) is 0. The number of hydrogen-bond donors (Lipinski definition) is 3. The van der Waals surface area contributed by atoms with Gasteiger partial charge in [-0.3, -0.25) is 10.1 Å². The summed E-state index contributed by atoms with van der Waals surface area (Å²) in [7, 11) is 0. The Hall–Kier alpha value is -7.89. The topological polar surface area (TPSA) is 203 Å².